The van der Waals surface area contributed by atoms with E-state index in [9.17, 15) is 0 Å². The van der Waals surface area contributed by atoms with Crippen molar-refractivity contribution < 1.29 is 0 Å². The van der Waals surface area contributed by atoms with E-state index in [1.807, 2.05) is 42.3 Å². The Balaban J connectivity index is 2.13. The van der Waals surface area contributed by atoms with Gasteiger partial charge >= 0.3 is 0 Å². The Morgan fingerprint density at radius 1 is 1.10 bits per heavy atom. The molecule has 0 unspecified atom stereocenters. The van der Waals surface area contributed by atoms with Crippen LogP contribution in [-0.2, 0) is 0 Å². The number of anilines is 3. The largest absolute Gasteiger partial charge is 0.384 e. The predicted octanol–water partition coefficient (Wildman–Crippen LogP) is 3.63. The average Bonchev–Trinajstić information content (AvgIpc) is 2.46. The van der Waals surface area contributed by atoms with Crippen LogP contribution in [-0.4, -0.2) is 17.0 Å². The first-order valence-electron chi connectivity index (χ1n) is 6.15. The van der Waals surface area contributed by atoms with E-state index in [0.29, 0.717) is 10.8 Å². The average molecular weight is 285 g/mol. The molecule has 1 aromatic carbocycles. The molecule has 0 aliphatic rings. The van der Waals surface area contributed by atoms with E-state index in [2.05, 4.69) is 9.97 Å². The molecule has 2 heterocycles. The molecule has 20 heavy (non-hydrogen) atoms. The summed E-state index contributed by atoms with van der Waals surface area (Å²) in [5.74, 6) is 1.33. The molecular weight excluding hydrogens is 272 g/mol. The van der Waals surface area contributed by atoms with Crippen LogP contribution in [0.4, 0.5) is 17.3 Å². The number of nitrogen functional groups attached to an aromatic ring is 1. The lowest BCUT2D eigenvalue weighted by Crippen LogP contribution is -2.12. The number of nitrogens with two attached hydrogens (primary N) is 1. The topological polar surface area (TPSA) is 55.0 Å². The lowest BCUT2D eigenvalue weighted by molar-refractivity contribution is 1.13. The Morgan fingerprint density at radius 2 is 1.95 bits per heavy atom. The van der Waals surface area contributed by atoms with Crippen molar-refractivity contribution in [3.63, 3.8) is 0 Å². The smallest absolute Gasteiger partial charge is 0.140 e. The number of nitrogens with zero attached hydrogens (tertiary/aromatic N) is 3. The monoisotopic (exact) mass is 284 g/mol. The molecule has 100 valence electrons. The van der Waals surface area contributed by atoms with Crippen molar-refractivity contribution in [2.45, 2.75) is 0 Å². The summed E-state index contributed by atoms with van der Waals surface area (Å²) < 4.78 is 0. The van der Waals surface area contributed by atoms with E-state index in [4.69, 9.17) is 17.3 Å². The van der Waals surface area contributed by atoms with Gasteiger partial charge < -0.3 is 10.6 Å². The number of benzene rings is 1. The van der Waals surface area contributed by atoms with E-state index >= 15 is 0 Å². The molecule has 0 aliphatic carbocycles. The minimum absolute atomic E-state index is 0.496. The molecule has 0 atom stereocenters. The first kappa shape index (κ1) is 12.7. The van der Waals surface area contributed by atoms with Crippen molar-refractivity contribution in [2.24, 2.45) is 0 Å². The standard InChI is InChI=1S/C15H13ClN4/c1-20(12-4-5-14(17)19-9-12)15-13-8-11(16)3-2-10(13)6-7-18-15/h2-9H,1H3,(H2,17,19). The third-order valence-corrected chi connectivity index (χ3v) is 3.42. The molecule has 0 spiro atoms. The Hall–Kier alpha value is -2.33. The van der Waals surface area contributed by atoms with Gasteiger partial charge in [0, 0.05) is 23.7 Å². The van der Waals surface area contributed by atoms with Crippen molar-refractivity contribution in [2.75, 3.05) is 17.7 Å². The van der Waals surface area contributed by atoms with Crippen LogP contribution in [0.15, 0.2) is 48.8 Å². The second-order valence-corrected chi connectivity index (χ2v) is 4.94. The molecule has 3 aromatic rings. The number of pyridine rings is 2. The molecule has 0 fully saturated rings. The van der Waals surface area contributed by atoms with Gasteiger partial charge in [0.2, 0.25) is 0 Å². The van der Waals surface area contributed by atoms with E-state index in [-0.39, 0.29) is 0 Å². The van der Waals surface area contributed by atoms with Crippen molar-refractivity contribution in [3.05, 3.63) is 53.8 Å². The number of hydrogen-bond donors (Lipinski definition) is 1. The van der Waals surface area contributed by atoms with E-state index in [0.717, 1.165) is 22.3 Å². The summed E-state index contributed by atoms with van der Waals surface area (Å²) in [4.78, 5) is 10.5. The summed E-state index contributed by atoms with van der Waals surface area (Å²) >= 11 is 6.09. The molecule has 0 radical (unpaired) electrons. The van der Waals surface area contributed by atoms with Crippen LogP contribution in [0.1, 0.15) is 0 Å². The number of fused-ring (bicyclic) bond motifs is 1. The van der Waals surface area contributed by atoms with Gasteiger partial charge in [0.05, 0.1) is 11.9 Å². The minimum Gasteiger partial charge on any atom is -0.384 e. The summed E-state index contributed by atoms with van der Waals surface area (Å²) in [7, 11) is 1.94. The SMILES string of the molecule is CN(c1ccc(N)nc1)c1nccc2ccc(Cl)cc12. The zero-order valence-electron chi connectivity index (χ0n) is 10.9. The number of halogens is 1. The molecule has 0 saturated carbocycles. The fraction of sp³-hybridized carbons (Fsp3) is 0.0667. The molecule has 0 aliphatic heterocycles. The quantitative estimate of drug-likeness (QED) is 0.781. The normalized spacial score (nSPS) is 10.7. The molecule has 0 amide bonds. The maximum Gasteiger partial charge on any atom is 0.140 e. The predicted molar refractivity (Wildman–Crippen MR) is 83.5 cm³/mol. The summed E-state index contributed by atoms with van der Waals surface area (Å²) in [6.07, 6.45) is 3.51. The molecular formula is C15H13ClN4. The lowest BCUT2D eigenvalue weighted by atomic mass is 10.1. The van der Waals surface area contributed by atoms with E-state index < -0.39 is 0 Å². The Labute approximate surface area is 121 Å². The molecule has 5 heteroatoms. The number of hydrogen-bond acceptors (Lipinski definition) is 4. The molecule has 4 nitrogen and oxygen atoms in total. The maximum atomic E-state index is 6.09. The third-order valence-electron chi connectivity index (χ3n) is 3.18. The van der Waals surface area contributed by atoms with Gasteiger partial charge in [-0.3, -0.25) is 0 Å². The fourth-order valence-corrected chi connectivity index (χ4v) is 2.28. The summed E-state index contributed by atoms with van der Waals surface area (Å²) in [5, 5.41) is 2.78. The summed E-state index contributed by atoms with van der Waals surface area (Å²) in [6.45, 7) is 0. The van der Waals surface area contributed by atoms with Crippen LogP contribution < -0.4 is 10.6 Å². The first-order valence-corrected chi connectivity index (χ1v) is 6.52. The van der Waals surface area contributed by atoms with Gasteiger partial charge in [0.1, 0.15) is 11.6 Å². The summed E-state index contributed by atoms with van der Waals surface area (Å²) in [5.41, 5.74) is 6.53. The Bertz CT molecular complexity index is 755. The molecule has 0 bridgehead atoms. The first-order chi connectivity index (χ1) is 9.65. The van der Waals surface area contributed by atoms with E-state index in [1.54, 1.807) is 18.5 Å². The van der Waals surface area contributed by atoms with Gasteiger partial charge in [-0.15, -0.1) is 0 Å². The Morgan fingerprint density at radius 3 is 2.70 bits per heavy atom. The second-order valence-electron chi connectivity index (χ2n) is 4.50. The van der Waals surface area contributed by atoms with Gasteiger partial charge in [-0.1, -0.05) is 17.7 Å². The highest BCUT2D eigenvalue weighted by Gasteiger charge is 2.10. The van der Waals surface area contributed by atoms with Gasteiger partial charge in [-0.25, -0.2) is 9.97 Å². The van der Waals surface area contributed by atoms with Crippen LogP contribution >= 0.6 is 11.6 Å². The van der Waals surface area contributed by atoms with Crippen LogP contribution in [0.2, 0.25) is 5.02 Å². The highest BCUT2D eigenvalue weighted by atomic mass is 35.5. The van der Waals surface area contributed by atoms with Gasteiger partial charge in [-0.05, 0) is 35.7 Å². The van der Waals surface area contributed by atoms with Crippen molar-refractivity contribution in [1.82, 2.24) is 9.97 Å². The number of aromatic nitrogens is 2. The number of rotatable bonds is 2. The molecule has 2 aromatic heterocycles. The maximum absolute atomic E-state index is 6.09. The van der Waals surface area contributed by atoms with Gasteiger partial charge in [0.15, 0.2) is 0 Å². The van der Waals surface area contributed by atoms with Crippen LogP contribution in [0.3, 0.4) is 0 Å². The molecule has 0 saturated heterocycles. The van der Waals surface area contributed by atoms with Crippen LogP contribution in [0.25, 0.3) is 10.8 Å². The lowest BCUT2D eigenvalue weighted by Gasteiger charge is -2.19. The fourth-order valence-electron chi connectivity index (χ4n) is 2.11. The van der Waals surface area contributed by atoms with Crippen molar-refractivity contribution in [1.29, 1.82) is 0 Å². The zero-order chi connectivity index (χ0) is 14.1. The third kappa shape index (κ3) is 2.26. The molecule has 3 rings (SSSR count). The zero-order valence-corrected chi connectivity index (χ0v) is 11.7. The van der Waals surface area contributed by atoms with Crippen molar-refractivity contribution in [3.8, 4) is 0 Å². The molecule has 2 N–H and O–H groups in total. The van der Waals surface area contributed by atoms with Gasteiger partial charge in [-0.2, -0.15) is 0 Å². The highest BCUT2D eigenvalue weighted by molar-refractivity contribution is 6.31. The van der Waals surface area contributed by atoms with Crippen molar-refractivity contribution >= 4 is 39.7 Å². The van der Waals surface area contributed by atoms with Crippen LogP contribution in [0.5, 0.6) is 0 Å². The highest BCUT2D eigenvalue weighted by Crippen LogP contribution is 2.30. The van der Waals surface area contributed by atoms with Crippen LogP contribution in [0, 0.1) is 0 Å². The summed E-state index contributed by atoms with van der Waals surface area (Å²) in [6, 6.07) is 11.4. The van der Waals surface area contributed by atoms with Gasteiger partial charge in [0.25, 0.3) is 0 Å². The second kappa shape index (κ2) is 4.98. The Kier molecular flexibility index (Phi) is 3.16. The van der Waals surface area contributed by atoms with E-state index in [1.165, 1.54) is 0 Å². The minimum atomic E-state index is 0.496.